The molecule has 0 aliphatic heterocycles. The summed E-state index contributed by atoms with van der Waals surface area (Å²) in [4.78, 5) is 17.5. The molecular weight excluding hydrogens is 168 g/mol. The van der Waals surface area contributed by atoms with Crippen LogP contribution in [0.25, 0.3) is 11.0 Å². The Hall–Kier alpha value is -1.65. The predicted molar refractivity (Wildman–Crippen MR) is 50.5 cm³/mol. The SMILES string of the molecule is CC.Cn1ncc2c(=O)[nH]cnc21. The van der Waals surface area contributed by atoms with Gasteiger partial charge in [-0.2, -0.15) is 5.10 Å². The number of nitrogens with one attached hydrogen (secondary N) is 1. The minimum atomic E-state index is -0.150. The topological polar surface area (TPSA) is 63.6 Å². The van der Waals surface area contributed by atoms with E-state index in [9.17, 15) is 4.79 Å². The van der Waals surface area contributed by atoms with E-state index in [2.05, 4.69) is 15.1 Å². The molecule has 70 valence electrons. The highest BCUT2D eigenvalue weighted by atomic mass is 16.1. The molecule has 0 aliphatic rings. The van der Waals surface area contributed by atoms with Crippen molar-refractivity contribution >= 4 is 11.0 Å². The first-order chi connectivity index (χ1) is 6.29. The molecule has 2 rings (SSSR count). The second kappa shape index (κ2) is 3.84. The van der Waals surface area contributed by atoms with Gasteiger partial charge in [-0.15, -0.1) is 0 Å². The Morgan fingerprint density at radius 1 is 1.46 bits per heavy atom. The maximum Gasteiger partial charge on any atom is 0.261 e. The molecule has 0 radical (unpaired) electrons. The van der Waals surface area contributed by atoms with Crippen molar-refractivity contribution in [2.45, 2.75) is 13.8 Å². The number of nitrogens with zero attached hydrogens (tertiary/aromatic N) is 3. The van der Waals surface area contributed by atoms with Crippen molar-refractivity contribution < 1.29 is 0 Å². The van der Waals surface area contributed by atoms with Crippen molar-refractivity contribution in [3.63, 3.8) is 0 Å². The van der Waals surface area contributed by atoms with Crippen LogP contribution >= 0.6 is 0 Å². The maximum atomic E-state index is 11.0. The molecule has 0 atom stereocenters. The lowest BCUT2D eigenvalue weighted by Gasteiger charge is -1.88. The highest BCUT2D eigenvalue weighted by Gasteiger charge is 2.01. The zero-order valence-corrected chi connectivity index (χ0v) is 7.90. The van der Waals surface area contributed by atoms with Crippen LogP contribution in [0.5, 0.6) is 0 Å². The molecule has 2 heterocycles. The number of aromatic nitrogens is 4. The normalized spacial score (nSPS) is 9.46. The van der Waals surface area contributed by atoms with Crippen molar-refractivity contribution in [3.05, 3.63) is 22.9 Å². The standard InChI is InChI=1S/C6H6N4O.C2H6/c1-10-5-4(2-9-10)6(11)8-3-7-5;1-2/h2-3H,1H3,(H,7,8,11);1-2H3. The van der Waals surface area contributed by atoms with Crippen LogP contribution in [0.15, 0.2) is 17.3 Å². The number of H-pyrrole nitrogens is 1. The van der Waals surface area contributed by atoms with Crippen LogP contribution in [0, 0.1) is 0 Å². The Labute approximate surface area is 75.4 Å². The Bertz CT molecular complexity index is 443. The Kier molecular flexibility index (Phi) is 2.79. The molecule has 5 heteroatoms. The van der Waals surface area contributed by atoms with Gasteiger partial charge in [0.15, 0.2) is 5.65 Å². The fraction of sp³-hybridized carbons (Fsp3) is 0.375. The molecule has 0 saturated carbocycles. The van der Waals surface area contributed by atoms with E-state index >= 15 is 0 Å². The monoisotopic (exact) mass is 180 g/mol. The second-order valence-corrected chi connectivity index (χ2v) is 2.24. The van der Waals surface area contributed by atoms with E-state index in [1.54, 1.807) is 11.7 Å². The van der Waals surface area contributed by atoms with E-state index in [1.165, 1.54) is 12.5 Å². The Balaban J connectivity index is 0.000000396. The van der Waals surface area contributed by atoms with Gasteiger partial charge in [-0.25, -0.2) is 4.98 Å². The molecule has 1 N–H and O–H groups in total. The van der Waals surface area contributed by atoms with E-state index in [1.807, 2.05) is 13.8 Å². The highest BCUT2D eigenvalue weighted by Crippen LogP contribution is 2.00. The summed E-state index contributed by atoms with van der Waals surface area (Å²) in [5.74, 6) is 0. The van der Waals surface area contributed by atoms with Crippen molar-refractivity contribution in [1.29, 1.82) is 0 Å². The molecule has 0 amide bonds. The number of aromatic amines is 1. The first-order valence-electron chi connectivity index (χ1n) is 4.14. The number of aryl methyl sites for hydroxylation is 1. The molecule has 0 aliphatic carbocycles. The van der Waals surface area contributed by atoms with Gasteiger partial charge in [0.2, 0.25) is 0 Å². The number of fused-ring (bicyclic) bond motifs is 1. The molecular formula is C8H12N4O. The van der Waals surface area contributed by atoms with Gasteiger partial charge < -0.3 is 4.98 Å². The summed E-state index contributed by atoms with van der Waals surface area (Å²) in [5, 5.41) is 4.41. The lowest BCUT2D eigenvalue weighted by Crippen LogP contribution is -2.05. The fourth-order valence-corrected chi connectivity index (χ4v) is 0.974. The van der Waals surface area contributed by atoms with E-state index in [0.717, 1.165) is 0 Å². The highest BCUT2D eigenvalue weighted by molar-refractivity contribution is 5.72. The van der Waals surface area contributed by atoms with Crippen LogP contribution in [-0.4, -0.2) is 19.7 Å². The first kappa shape index (κ1) is 9.44. The average Bonchev–Trinajstić information content (AvgIpc) is 2.53. The van der Waals surface area contributed by atoms with Crippen LogP contribution in [0.3, 0.4) is 0 Å². The second-order valence-electron chi connectivity index (χ2n) is 2.24. The van der Waals surface area contributed by atoms with Gasteiger partial charge in [-0.05, 0) is 0 Å². The molecule has 5 nitrogen and oxygen atoms in total. The third-order valence-electron chi connectivity index (χ3n) is 1.53. The van der Waals surface area contributed by atoms with Gasteiger partial charge in [0.05, 0.1) is 12.5 Å². The van der Waals surface area contributed by atoms with Gasteiger partial charge >= 0.3 is 0 Å². The molecule has 2 aromatic rings. The zero-order valence-electron chi connectivity index (χ0n) is 7.90. The predicted octanol–water partition coefficient (Wildman–Crippen LogP) is 0.683. The molecule has 0 bridgehead atoms. The van der Waals surface area contributed by atoms with Crippen molar-refractivity contribution in [2.75, 3.05) is 0 Å². The van der Waals surface area contributed by atoms with Crippen LogP contribution in [0.2, 0.25) is 0 Å². The largest absolute Gasteiger partial charge is 0.312 e. The quantitative estimate of drug-likeness (QED) is 0.648. The van der Waals surface area contributed by atoms with Gasteiger partial charge in [-0.3, -0.25) is 9.48 Å². The number of hydrogen-bond donors (Lipinski definition) is 1. The molecule has 0 unspecified atom stereocenters. The summed E-state index contributed by atoms with van der Waals surface area (Å²) in [5.41, 5.74) is 0.455. The van der Waals surface area contributed by atoms with Gasteiger partial charge in [-0.1, -0.05) is 13.8 Å². The molecule has 0 aromatic carbocycles. The van der Waals surface area contributed by atoms with E-state index in [-0.39, 0.29) is 5.56 Å². The Morgan fingerprint density at radius 2 is 2.15 bits per heavy atom. The van der Waals surface area contributed by atoms with Gasteiger partial charge in [0, 0.05) is 7.05 Å². The molecule has 13 heavy (non-hydrogen) atoms. The van der Waals surface area contributed by atoms with Crippen LogP contribution in [-0.2, 0) is 7.05 Å². The lowest BCUT2D eigenvalue weighted by molar-refractivity contribution is 0.785. The lowest BCUT2D eigenvalue weighted by atomic mass is 10.4. The van der Waals surface area contributed by atoms with E-state index < -0.39 is 0 Å². The van der Waals surface area contributed by atoms with Crippen LogP contribution < -0.4 is 5.56 Å². The van der Waals surface area contributed by atoms with E-state index in [4.69, 9.17) is 0 Å². The number of rotatable bonds is 0. The third-order valence-corrected chi connectivity index (χ3v) is 1.53. The summed E-state index contributed by atoms with van der Waals surface area (Å²) >= 11 is 0. The van der Waals surface area contributed by atoms with Crippen LogP contribution in [0.1, 0.15) is 13.8 Å². The van der Waals surface area contributed by atoms with Crippen LogP contribution in [0.4, 0.5) is 0 Å². The maximum absolute atomic E-state index is 11.0. The molecule has 0 saturated heterocycles. The Morgan fingerprint density at radius 3 is 2.77 bits per heavy atom. The third kappa shape index (κ3) is 1.58. The van der Waals surface area contributed by atoms with Crippen molar-refractivity contribution in [3.8, 4) is 0 Å². The van der Waals surface area contributed by atoms with Gasteiger partial charge in [0.25, 0.3) is 5.56 Å². The smallest absolute Gasteiger partial charge is 0.261 e. The molecule has 0 spiro atoms. The zero-order chi connectivity index (χ0) is 9.84. The minimum Gasteiger partial charge on any atom is -0.312 e. The molecule has 2 aromatic heterocycles. The summed E-state index contributed by atoms with van der Waals surface area (Å²) in [7, 11) is 1.74. The average molecular weight is 180 g/mol. The molecule has 0 fully saturated rings. The summed E-state index contributed by atoms with van der Waals surface area (Å²) in [6, 6.07) is 0. The summed E-state index contributed by atoms with van der Waals surface area (Å²) in [6.45, 7) is 4.00. The first-order valence-corrected chi connectivity index (χ1v) is 4.14. The van der Waals surface area contributed by atoms with Gasteiger partial charge in [0.1, 0.15) is 5.39 Å². The van der Waals surface area contributed by atoms with Crippen molar-refractivity contribution in [1.82, 2.24) is 19.7 Å². The fourth-order valence-electron chi connectivity index (χ4n) is 0.974. The minimum absolute atomic E-state index is 0.150. The number of hydrogen-bond acceptors (Lipinski definition) is 3. The summed E-state index contributed by atoms with van der Waals surface area (Å²) < 4.78 is 1.56. The summed E-state index contributed by atoms with van der Waals surface area (Å²) in [6.07, 6.45) is 2.87. The van der Waals surface area contributed by atoms with Crippen molar-refractivity contribution in [2.24, 2.45) is 7.05 Å². The van der Waals surface area contributed by atoms with E-state index in [0.29, 0.717) is 11.0 Å².